The largest absolute Gasteiger partial charge is 0.350 e. The van der Waals surface area contributed by atoms with Gasteiger partial charge in [-0.1, -0.05) is 38.1 Å². The second kappa shape index (κ2) is 8.27. The normalized spacial score (nSPS) is 12.5. The van der Waals surface area contributed by atoms with Crippen LogP contribution >= 0.6 is 0 Å². The molecule has 0 aliphatic heterocycles. The molecule has 0 saturated heterocycles. The number of rotatable bonds is 6. The van der Waals surface area contributed by atoms with E-state index in [1.807, 2.05) is 62.6 Å². The van der Waals surface area contributed by atoms with Crippen molar-refractivity contribution in [3.63, 3.8) is 0 Å². The molecule has 3 rings (SSSR count). The van der Waals surface area contributed by atoms with Crippen LogP contribution in [0.15, 0.2) is 54.7 Å². The first-order chi connectivity index (χ1) is 13.0. The minimum atomic E-state index is -0.0849. The zero-order chi connectivity index (χ0) is 19.4. The summed E-state index contributed by atoms with van der Waals surface area (Å²) in [4.78, 5) is 24.2. The van der Waals surface area contributed by atoms with Crippen LogP contribution in [0.1, 0.15) is 24.2 Å². The predicted molar refractivity (Wildman–Crippen MR) is 110 cm³/mol. The maximum absolute atomic E-state index is 13.0. The highest BCUT2D eigenvalue weighted by atomic mass is 16.1. The highest BCUT2D eigenvalue weighted by Crippen LogP contribution is 2.23. The van der Waals surface area contributed by atoms with Crippen molar-refractivity contribution < 1.29 is 4.79 Å². The molecule has 0 saturated carbocycles. The van der Waals surface area contributed by atoms with Gasteiger partial charge in [0.2, 0.25) is 0 Å². The van der Waals surface area contributed by atoms with Crippen LogP contribution in [0.5, 0.6) is 0 Å². The van der Waals surface area contributed by atoms with E-state index >= 15 is 0 Å². The molecule has 5 heteroatoms. The average molecular weight is 362 g/mol. The number of pyridine rings is 2. The number of nitrogens with one attached hydrogen (secondary N) is 1. The molecule has 140 valence electrons. The summed E-state index contributed by atoms with van der Waals surface area (Å²) in [6.07, 6.45) is 1.73. The van der Waals surface area contributed by atoms with E-state index in [9.17, 15) is 4.79 Å². The fraction of sp³-hybridized carbons (Fsp3) is 0.318. The summed E-state index contributed by atoms with van der Waals surface area (Å²) < 4.78 is 0. The second-order valence-corrected chi connectivity index (χ2v) is 7.27. The molecular weight excluding hydrogens is 336 g/mol. The first kappa shape index (κ1) is 19.0. The van der Waals surface area contributed by atoms with Crippen molar-refractivity contribution in [3.05, 3.63) is 60.3 Å². The molecule has 0 aliphatic rings. The summed E-state index contributed by atoms with van der Waals surface area (Å²) >= 11 is 0. The number of likely N-dealkylation sites (N-methyl/N-ethyl adjacent to an activating group) is 1. The van der Waals surface area contributed by atoms with Crippen LogP contribution in [0.4, 0.5) is 0 Å². The Balaban J connectivity index is 1.96. The van der Waals surface area contributed by atoms with Gasteiger partial charge < -0.3 is 10.2 Å². The number of carbonyl (C=O) groups is 1. The molecule has 2 heterocycles. The monoisotopic (exact) mass is 362 g/mol. The molecule has 0 fully saturated rings. The number of hydrogen-bond donors (Lipinski definition) is 1. The maximum Gasteiger partial charge on any atom is 0.252 e. The van der Waals surface area contributed by atoms with Crippen molar-refractivity contribution in [2.24, 2.45) is 5.92 Å². The summed E-state index contributed by atoms with van der Waals surface area (Å²) in [6.45, 7) is 4.93. The number of aromatic nitrogens is 2. The molecule has 0 spiro atoms. The van der Waals surface area contributed by atoms with Crippen LogP contribution < -0.4 is 5.32 Å². The molecule has 3 aromatic rings. The number of fused-ring (bicyclic) bond motifs is 1. The van der Waals surface area contributed by atoms with Crippen LogP contribution in [-0.2, 0) is 0 Å². The van der Waals surface area contributed by atoms with Gasteiger partial charge in [0.1, 0.15) is 0 Å². The third-order valence-electron chi connectivity index (χ3n) is 4.79. The highest BCUT2D eigenvalue weighted by molar-refractivity contribution is 6.07. The van der Waals surface area contributed by atoms with E-state index in [1.165, 1.54) is 0 Å². The number of carbonyl (C=O) groups excluding carboxylic acids is 1. The fourth-order valence-corrected chi connectivity index (χ4v) is 3.32. The van der Waals surface area contributed by atoms with E-state index < -0.39 is 0 Å². The Morgan fingerprint density at radius 1 is 1.07 bits per heavy atom. The van der Waals surface area contributed by atoms with E-state index in [0.29, 0.717) is 23.7 Å². The van der Waals surface area contributed by atoms with E-state index in [-0.39, 0.29) is 11.9 Å². The number of benzene rings is 1. The summed E-state index contributed by atoms with van der Waals surface area (Å²) in [7, 11) is 4.08. The van der Waals surface area contributed by atoms with Crippen LogP contribution in [-0.4, -0.2) is 47.5 Å². The Labute approximate surface area is 160 Å². The van der Waals surface area contributed by atoms with Crippen molar-refractivity contribution in [3.8, 4) is 11.4 Å². The van der Waals surface area contributed by atoms with Crippen molar-refractivity contribution in [1.29, 1.82) is 0 Å². The molecule has 27 heavy (non-hydrogen) atoms. The van der Waals surface area contributed by atoms with Crippen molar-refractivity contribution in [1.82, 2.24) is 20.2 Å². The summed E-state index contributed by atoms with van der Waals surface area (Å²) in [5, 5.41) is 3.95. The Kier molecular flexibility index (Phi) is 5.81. The van der Waals surface area contributed by atoms with E-state index in [1.54, 1.807) is 6.20 Å². The SMILES string of the molecule is CC(C)[C@H](CNC(=O)c1cc(-c2ccccn2)nc2ccccc12)N(C)C. The van der Waals surface area contributed by atoms with E-state index in [2.05, 4.69) is 34.0 Å². The van der Waals surface area contributed by atoms with Crippen LogP contribution in [0.2, 0.25) is 0 Å². The van der Waals surface area contributed by atoms with Gasteiger partial charge in [0.25, 0.3) is 5.91 Å². The molecule has 1 amide bonds. The molecule has 0 bridgehead atoms. The molecule has 1 atom stereocenters. The van der Waals surface area contributed by atoms with Gasteiger partial charge in [-0.2, -0.15) is 0 Å². The Morgan fingerprint density at radius 2 is 1.81 bits per heavy atom. The molecule has 0 unspecified atom stereocenters. The zero-order valence-corrected chi connectivity index (χ0v) is 16.3. The number of hydrogen-bond acceptors (Lipinski definition) is 4. The molecule has 1 N–H and O–H groups in total. The molecule has 1 aromatic carbocycles. The van der Waals surface area contributed by atoms with Gasteiger partial charge in [0.05, 0.1) is 22.5 Å². The minimum Gasteiger partial charge on any atom is -0.350 e. The quantitative estimate of drug-likeness (QED) is 0.728. The first-order valence-electron chi connectivity index (χ1n) is 9.23. The lowest BCUT2D eigenvalue weighted by molar-refractivity contribution is 0.0936. The lowest BCUT2D eigenvalue weighted by Crippen LogP contribution is -2.43. The second-order valence-electron chi connectivity index (χ2n) is 7.27. The van der Waals surface area contributed by atoms with E-state index in [4.69, 9.17) is 0 Å². The molecule has 0 radical (unpaired) electrons. The van der Waals surface area contributed by atoms with Gasteiger partial charge in [-0.15, -0.1) is 0 Å². The van der Waals surface area contributed by atoms with Crippen LogP contribution in [0.25, 0.3) is 22.3 Å². The zero-order valence-electron chi connectivity index (χ0n) is 16.3. The topological polar surface area (TPSA) is 58.1 Å². The highest BCUT2D eigenvalue weighted by Gasteiger charge is 2.19. The summed E-state index contributed by atoms with van der Waals surface area (Å²) in [5.41, 5.74) is 2.87. The lowest BCUT2D eigenvalue weighted by atomic mass is 10.0. The summed E-state index contributed by atoms with van der Waals surface area (Å²) in [5.74, 6) is 0.358. The fourth-order valence-electron chi connectivity index (χ4n) is 3.32. The van der Waals surface area contributed by atoms with Gasteiger partial charge in [0, 0.05) is 24.2 Å². The van der Waals surface area contributed by atoms with Gasteiger partial charge in [-0.05, 0) is 44.3 Å². The van der Waals surface area contributed by atoms with Crippen molar-refractivity contribution in [2.75, 3.05) is 20.6 Å². The lowest BCUT2D eigenvalue weighted by Gasteiger charge is -2.28. The standard InChI is InChI=1S/C22H26N4O/c1-15(2)21(26(3)4)14-24-22(27)17-13-20(19-11-7-8-12-23-19)25-18-10-6-5-9-16(17)18/h5-13,15,21H,14H2,1-4H3,(H,24,27)/t21-/m0/s1. The molecule has 2 aromatic heterocycles. The van der Waals surface area contributed by atoms with Crippen LogP contribution in [0, 0.1) is 5.92 Å². The average Bonchev–Trinajstić information content (AvgIpc) is 2.67. The third-order valence-corrected chi connectivity index (χ3v) is 4.79. The summed E-state index contributed by atoms with van der Waals surface area (Å²) in [6, 6.07) is 15.5. The van der Waals surface area contributed by atoms with Crippen molar-refractivity contribution >= 4 is 16.8 Å². The Hall–Kier alpha value is -2.79. The Bertz CT molecular complexity index is 914. The third kappa shape index (κ3) is 4.31. The Morgan fingerprint density at radius 3 is 2.48 bits per heavy atom. The van der Waals surface area contributed by atoms with Gasteiger partial charge in [-0.3, -0.25) is 9.78 Å². The number of amides is 1. The predicted octanol–water partition coefficient (Wildman–Crippen LogP) is 3.61. The van der Waals surface area contributed by atoms with Gasteiger partial charge in [0.15, 0.2) is 0 Å². The van der Waals surface area contributed by atoms with Gasteiger partial charge >= 0.3 is 0 Å². The smallest absolute Gasteiger partial charge is 0.252 e. The van der Waals surface area contributed by atoms with Gasteiger partial charge in [-0.25, -0.2) is 4.98 Å². The van der Waals surface area contributed by atoms with Crippen LogP contribution in [0.3, 0.4) is 0 Å². The molecular formula is C22H26N4O. The number of para-hydroxylation sites is 1. The number of nitrogens with zero attached hydrogens (tertiary/aromatic N) is 3. The maximum atomic E-state index is 13.0. The molecule has 5 nitrogen and oxygen atoms in total. The first-order valence-corrected chi connectivity index (χ1v) is 9.23. The minimum absolute atomic E-state index is 0.0849. The van der Waals surface area contributed by atoms with Crippen molar-refractivity contribution in [2.45, 2.75) is 19.9 Å². The molecule has 0 aliphatic carbocycles. The van der Waals surface area contributed by atoms with E-state index in [0.717, 1.165) is 16.6 Å².